The summed E-state index contributed by atoms with van der Waals surface area (Å²) in [6, 6.07) is 7.86. The number of nitrogens with zero attached hydrogens (tertiary/aromatic N) is 3. The maximum Gasteiger partial charge on any atom is 0.131 e. The van der Waals surface area contributed by atoms with Crippen LogP contribution in [0.4, 0.5) is 0 Å². The third-order valence-electron chi connectivity index (χ3n) is 2.94. The highest BCUT2D eigenvalue weighted by molar-refractivity contribution is 5.81. The molecule has 0 amide bonds. The van der Waals surface area contributed by atoms with Gasteiger partial charge >= 0.3 is 0 Å². The topological polar surface area (TPSA) is 74.7 Å². The third kappa shape index (κ3) is 2.32. The Morgan fingerprint density at radius 2 is 2.11 bits per heavy atom. The van der Waals surface area contributed by atoms with Crippen molar-refractivity contribution in [3.8, 4) is 11.3 Å². The van der Waals surface area contributed by atoms with Crippen molar-refractivity contribution in [1.82, 2.24) is 19.9 Å². The number of aliphatic hydroxyl groups is 1. The zero-order valence-electron chi connectivity index (χ0n) is 10.6. The minimum atomic E-state index is 0.0578. The maximum atomic E-state index is 8.93. The molecule has 5 heteroatoms. The molecule has 0 spiro atoms. The van der Waals surface area contributed by atoms with Crippen LogP contribution in [0.15, 0.2) is 30.5 Å². The molecule has 0 aliphatic rings. The van der Waals surface area contributed by atoms with E-state index in [0.717, 1.165) is 28.1 Å². The van der Waals surface area contributed by atoms with Crippen LogP contribution < -0.4 is 0 Å². The SMILES string of the molecule is Cc1nc2ccc(-c3ccnc(CCO)n3)cc2[nH]1. The molecule has 3 aromatic rings. The fraction of sp³-hybridized carbons (Fsp3) is 0.214. The average Bonchev–Trinajstić information content (AvgIpc) is 2.78. The van der Waals surface area contributed by atoms with E-state index in [9.17, 15) is 0 Å². The standard InChI is InChI=1S/C14H14N4O/c1-9-16-12-3-2-10(8-13(12)17-9)11-4-6-15-14(18-11)5-7-19/h2-4,6,8,19H,5,7H2,1H3,(H,16,17). The fourth-order valence-electron chi connectivity index (χ4n) is 2.08. The van der Waals surface area contributed by atoms with E-state index in [2.05, 4.69) is 19.9 Å². The molecule has 2 aromatic heterocycles. The van der Waals surface area contributed by atoms with E-state index in [1.807, 2.05) is 31.2 Å². The Balaban J connectivity index is 2.05. The van der Waals surface area contributed by atoms with Gasteiger partial charge in [-0.25, -0.2) is 15.0 Å². The van der Waals surface area contributed by atoms with Crippen LogP contribution in [-0.2, 0) is 6.42 Å². The van der Waals surface area contributed by atoms with E-state index in [-0.39, 0.29) is 6.61 Å². The monoisotopic (exact) mass is 254 g/mol. The molecule has 0 aliphatic heterocycles. The van der Waals surface area contributed by atoms with Gasteiger partial charge in [0.05, 0.1) is 23.3 Å². The number of rotatable bonds is 3. The first-order chi connectivity index (χ1) is 9.26. The number of aromatic nitrogens is 4. The van der Waals surface area contributed by atoms with Gasteiger partial charge in [0.1, 0.15) is 11.6 Å². The van der Waals surface area contributed by atoms with Crippen molar-refractivity contribution in [2.75, 3.05) is 6.61 Å². The summed E-state index contributed by atoms with van der Waals surface area (Å²) in [4.78, 5) is 16.2. The maximum absolute atomic E-state index is 8.93. The number of fused-ring (bicyclic) bond motifs is 1. The lowest BCUT2D eigenvalue weighted by molar-refractivity contribution is 0.296. The number of aromatic amines is 1. The third-order valence-corrected chi connectivity index (χ3v) is 2.94. The van der Waals surface area contributed by atoms with Crippen molar-refractivity contribution >= 4 is 11.0 Å². The Morgan fingerprint density at radius 1 is 1.21 bits per heavy atom. The number of aliphatic hydroxyl groups excluding tert-OH is 1. The lowest BCUT2D eigenvalue weighted by atomic mass is 10.1. The Labute approximate surface area is 110 Å². The zero-order chi connectivity index (χ0) is 13.2. The van der Waals surface area contributed by atoms with Gasteiger partial charge in [0.15, 0.2) is 0 Å². The molecule has 0 bridgehead atoms. The van der Waals surface area contributed by atoms with E-state index in [4.69, 9.17) is 5.11 Å². The summed E-state index contributed by atoms with van der Waals surface area (Å²) < 4.78 is 0. The number of benzene rings is 1. The number of hydrogen-bond acceptors (Lipinski definition) is 4. The second-order valence-corrected chi connectivity index (χ2v) is 4.39. The summed E-state index contributed by atoms with van der Waals surface area (Å²) in [5.41, 5.74) is 3.81. The van der Waals surface area contributed by atoms with Gasteiger partial charge in [-0.05, 0) is 25.1 Å². The van der Waals surface area contributed by atoms with E-state index in [1.54, 1.807) is 6.20 Å². The predicted octanol–water partition coefficient (Wildman–Crippen LogP) is 1.86. The van der Waals surface area contributed by atoms with Crippen LogP contribution in [0, 0.1) is 6.92 Å². The molecule has 5 nitrogen and oxygen atoms in total. The van der Waals surface area contributed by atoms with Crippen LogP contribution in [0.25, 0.3) is 22.3 Å². The van der Waals surface area contributed by atoms with Crippen LogP contribution in [-0.4, -0.2) is 31.6 Å². The molecular weight excluding hydrogens is 240 g/mol. The number of hydrogen-bond donors (Lipinski definition) is 2. The van der Waals surface area contributed by atoms with Gasteiger partial charge in [-0.1, -0.05) is 6.07 Å². The molecule has 0 aliphatic carbocycles. The predicted molar refractivity (Wildman–Crippen MR) is 72.6 cm³/mol. The molecule has 0 saturated heterocycles. The van der Waals surface area contributed by atoms with Crippen molar-refractivity contribution in [2.45, 2.75) is 13.3 Å². The number of imidazole rings is 1. The van der Waals surface area contributed by atoms with Crippen molar-refractivity contribution in [3.05, 3.63) is 42.1 Å². The molecule has 1 aromatic carbocycles. The molecule has 96 valence electrons. The average molecular weight is 254 g/mol. The molecule has 3 rings (SSSR count). The van der Waals surface area contributed by atoms with Gasteiger partial charge in [-0.3, -0.25) is 0 Å². The molecule has 0 atom stereocenters. The lowest BCUT2D eigenvalue weighted by Crippen LogP contribution is -1.99. The van der Waals surface area contributed by atoms with Gasteiger partial charge in [0, 0.05) is 18.2 Å². The normalized spacial score (nSPS) is 11.1. The Kier molecular flexibility index (Phi) is 2.97. The Hall–Kier alpha value is -2.27. The van der Waals surface area contributed by atoms with Crippen LogP contribution >= 0.6 is 0 Å². The highest BCUT2D eigenvalue weighted by atomic mass is 16.3. The molecular formula is C14H14N4O. The summed E-state index contributed by atoms with van der Waals surface area (Å²) in [5, 5.41) is 8.93. The summed E-state index contributed by atoms with van der Waals surface area (Å²) >= 11 is 0. The van der Waals surface area contributed by atoms with E-state index in [0.29, 0.717) is 12.2 Å². The number of nitrogens with one attached hydrogen (secondary N) is 1. The zero-order valence-corrected chi connectivity index (χ0v) is 10.6. The van der Waals surface area contributed by atoms with Gasteiger partial charge in [0.25, 0.3) is 0 Å². The highest BCUT2D eigenvalue weighted by Crippen LogP contribution is 2.21. The summed E-state index contributed by atoms with van der Waals surface area (Å²) in [6.45, 7) is 1.99. The van der Waals surface area contributed by atoms with Gasteiger partial charge in [0.2, 0.25) is 0 Å². The van der Waals surface area contributed by atoms with Crippen LogP contribution in [0.2, 0.25) is 0 Å². The molecule has 2 heterocycles. The summed E-state index contributed by atoms with van der Waals surface area (Å²) in [5.74, 6) is 1.55. The number of aryl methyl sites for hydroxylation is 1. The first-order valence-electron chi connectivity index (χ1n) is 6.16. The van der Waals surface area contributed by atoms with Crippen LogP contribution in [0.3, 0.4) is 0 Å². The lowest BCUT2D eigenvalue weighted by Gasteiger charge is -2.03. The van der Waals surface area contributed by atoms with E-state index >= 15 is 0 Å². The Bertz CT molecular complexity index is 720. The fourth-order valence-corrected chi connectivity index (χ4v) is 2.08. The van der Waals surface area contributed by atoms with Crippen molar-refractivity contribution in [1.29, 1.82) is 0 Å². The minimum absolute atomic E-state index is 0.0578. The molecule has 0 fully saturated rings. The Morgan fingerprint density at radius 3 is 2.95 bits per heavy atom. The molecule has 2 N–H and O–H groups in total. The van der Waals surface area contributed by atoms with E-state index in [1.165, 1.54) is 0 Å². The second-order valence-electron chi connectivity index (χ2n) is 4.39. The van der Waals surface area contributed by atoms with Crippen molar-refractivity contribution in [3.63, 3.8) is 0 Å². The van der Waals surface area contributed by atoms with Gasteiger partial charge in [-0.15, -0.1) is 0 Å². The smallest absolute Gasteiger partial charge is 0.131 e. The highest BCUT2D eigenvalue weighted by Gasteiger charge is 2.05. The quantitative estimate of drug-likeness (QED) is 0.748. The molecule has 19 heavy (non-hydrogen) atoms. The first-order valence-corrected chi connectivity index (χ1v) is 6.16. The van der Waals surface area contributed by atoms with Gasteiger partial charge < -0.3 is 10.1 Å². The van der Waals surface area contributed by atoms with Crippen LogP contribution in [0.5, 0.6) is 0 Å². The number of H-pyrrole nitrogens is 1. The molecule has 0 unspecified atom stereocenters. The summed E-state index contributed by atoms with van der Waals surface area (Å²) in [6.07, 6.45) is 2.19. The minimum Gasteiger partial charge on any atom is -0.396 e. The van der Waals surface area contributed by atoms with E-state index < -0.39 is 0 Å². The molecule has 0 saturated carbocycles. The largest absolute Gasteiger partial charge is 0.396 e. The van der Waals surface area contributed by atoms with Gasteiger partial charge in [-0.2, -0.15) is 0 Å². The van der Waals surface area contributed by atoms with Crippen LogP contribution in [0.1, 0.15) is 11.6 Å². The van der Waals surface area contributed by atoms with Crippen molar-refractivity contribution < 1.29 is 5.11 Å². The summed E-state index contributed by atoms with van der Waals surface area (Å²) in [7, 11) is 0. The van der Waals surface area contributed by atoms with Crippen molar-refractivity contribution in [2.24, 2.45) is 0 Å². The molecule has 0 radical (unpaired) electrons. The first kappa shape index (κ1) is 11.8. The second kappa shape index (κ2) is 4.78.